The lowest BCUT2D eigenvalue weighted by Gasteiger charge is -2.10. The van der Waals surface area contributed by atoms with Crippen molar-refractivity contribution in [2.24, 2.45) is 0 Å². The van der Waals surface area contributed by atoms with Gasteiger partial charge in [-0.3, -0.25) is 0 Å². The van der Waals surface area contributed by atoms with E-state index in [9.17, 15) is 13.2 Å². The quantitative estimate of drug-likeness (QED) is 0.712. The van der Waals surface area contributed by atoms with E-state index >= 15 is 0 Å². The lowest BCUT2D eigenvalue weighted by atomic mass is 10.1. The van der Waals surface area contributed by atoms with Crippen molar-refractivity contribution < 1.29 is 13.2 Å². The Morgan fingerprint density at radius 1 is 1.15 bits per heavy atom. The summed E-state index contributed by atoms with van der Waals surface area (Å²) in [7, 11) is 0. The molecule has 0 saturated carbocycles. The summed E-state index contributed by atoms with van der Waals surface area (Å²) in [6, 6.07) is 7.03. The average molecular weight is 342 g/mol. The van der Waals surface area contributed by atoms with Crippen LogP contribution in [0.2, 0.25) is 0 Å². The largest absolute Gasteiger partial charge is 0.417 e. The van der Waals surface area contributed by atoms with Crippen molar-refractivity contribution in [2.75, 3.05) is 0 Å². The number of H-pyrrole nitrogens is 1. The van der Waals surface area contributed by atoms with E-state index in [4.69, 9.17) is 0 Å². The number of benzene rings is 1. The molecule has 1 aromatic carbocycles. The number of nitrogens with one attached hydrogen (secondary N) is 1. The molecule has 0 bridgehead atoms. The number of aromatic amines is 1. The van der Waals surface area contributed by atoms with Crippen LogP contribution in [-0.4, -0.2) is 15.0 Å². The van der Waals surface area contributed by atoms with Crippen molar-refractivity contribution in [3.8, 4) is 11.4 Å². The summed E-state index contributed by atoms with van der Waals surface area (Å²) in [5, 5.41) is 0. The Kier molecular flexibility index (Phi) is 3.01. The monoisotopic (exact) mass is 341 g/mol. The molecule has 20 heavy (non-hydrogen) atoms. The van der Waals surface area contributed by atoms with E-state index in [2.05, 4.69) is 30.9 Å². The lowest BCUT2D eigenvalue weighted by molar-refractivity contribution is -0.137. The van der Waals surface area contributed by atoms with Gasteiger partial charge in [-0.1, -0.05) is 18.2 Å². The van der Waals surface area contributed by atoms with E-state index in [0.29, 0.717) is 11.2 Å². The molecule has 0 amide bonds. The van der Waals surface area contributed by atoms with Crippen molar-refractivity contribution in [2.45, 2.75) is 6.18 Å². The smallest absolute Gasteiger partial charge is 0.337 e. The van der Waals surface area contributed by atoms with Crippen molar-refractivity contribution in [3.05, 3.63) is 46.6 Å². The van der Waals surface area contributed by atoms with Crippen LogP contribution in [-0.2, 0) is 6.18 Å². The second-order valence-corrected chi connectivity index (χ2v) is 5.07. The second-order valence-electron chi connectivity index (χ2n) is 4.15. The molecule has 3 rings (SSSR count). The third-order valence-corrected chi connectivity index (χ3v) is 3.23. The van der Waals surface area contributed by atoms with Gasteiger partial charge in [0.1, 0.15) is 5.82 Å². The molecule has 0 aliphatic rings. The molecule has 0 radical (unpaired) electrons. The molecule has 0 spiro atoms. The van der Waals surface area contributed by atoms with Crippen LogP contribution >= 0.6 is 15.9 Å². The van der Waals surface area contributed by atoms with Crippen molar-refractivity contribution in [1.82, 2.24) is 15.0 Å². The molecule has 3 nitrogen and oxygen atoms in total. The number of halogens is 4. The predicted molar refractivity (Wildman–Crippen MR) is 72.0 cm³/mol. The van der Waals surface area contributed by atoms with Gasteiger partial charge in [0, 0.05) is 16.2 Å². The highest BCUT2D eigenvalue weighted by atomic mass is 79.9. The van der Waals surface area contributed by atoms with Crippen LogP contribution in [0.1, 0.15) is 5.56 Å². The Bertz CT molecular complexity index is 780. The fraction of sp³-hybridized carbons (Fsp3) is 0.0769. The third kappa shape index (κ3) is 2.29. The number of alkyl halides is 3. The Morgan fingerprint density at radius 2 is 1.90 bits per heavy atom. The Hall–Kier alpha value is -1.89. The summed E-state index contributed by atoms with van der Waals surface area (Å²) < 4.78 is 39.7. The van der Waals surface area contributed by atoms with Gasteiger partial charge < -0.3 is 4.98 Å². The van der Waals surface area contributed by atoms with Crippen LogP contribution in [0.25, 0.3) is 22.6 Å². The Morgan fingerprint density at radius 3 is 2.65 bits per heavy atom. The van der Waals surface area contributed by atoms with Crippen molar-refractivity contribution in [3.63, 3.8) is 0 Å². The number of nitrogens with zero attached hydrogens (tertiary/aromatic N) is 2. The highest BCUT2D eigenvalue weighted by Gasteiger charge is 2.34. The minimum absolute atomic E-state index is 0.00845. The van der Waals surface area contributed by atoms with Gasteiger partial charge in [0.2, 0.25) is 0 Å². The lowest BCUT2D eigenvalue weighted by Crippen LogP contribution is -2.07. The Balaban J connectivity index is 2.21. The van der Waals surface area contributed by atoms with Crippen molar-refractivity contribution >= 4 is 27.1 Å². The normalized spacial score (nSPS) is 12.0. The fourth-order valence-corrected chi connectivity index (χ4v) is 2.27. The average Bonchev–Trinajstić information content (AvgIpc) is 2.80. The minimum atomic E-state index is -4.43. The van der Waals surface area contributed by atoms with Gasteiger partial charge in [-0.2, -0.15) is 13.2 Å². The van der Waals surface area contributed by atoms with Gasteiger partial charge in [0.25, 0.3) is 0 Å². The maximum absolute atomic E-state index is 13.0. The summed E-state index contributed by atoms with van der Waals surface area (Å²) in [5.41, 5.74) is 0.235. The standard InChI is InChI=1S/C13H7BrF3N3/c14-7-5-10-12(18-6-7)20-11(19-10)8-3-1-2-4-9(8)13(15,16)17/h1-6H,(H,18,19,20). The highest BCUT2D eigenvalue weighted by Crippen LogP contribution is 2.36. The first kappa shape index (κ1) is 13.1. The predicted octanol–water partition coefficient (Wildman–Crippen LogP) is 4.41. The number of hydrogen-bond donors (Lipinski definition) is 1. The molecule has 0 aliphatic carbocycles. The number of rotatable bonds is 1. The molecule has 2 aromatic heterocycles. The third-order valence-electron chi connectivity index (χ3n) is 2.79. The first-order valence-electron chi connectivity index (χ1n) is 5.63. The molecule has 0 saturated heterocycles. The van der Waals surface area contributed by atoms with Crippen molar-refractivity contribution in [1.29, 1.82) is 0 Å². The number of hydrogen-bond acceptors (Lipinski definition) is 2. The van der Waals surface area contributed by atoms with Crippen LogP contribution in [0.3, 0.4) is 0 Å². The molecule has 0 unspecified atom stereocenters. The molecule has 0 aliphatic heterocycles. The zero-order valence-electron chi connectivity index (χ0n) is 9.87. The summed E-state index contributed by atoms with van der Waals surface area (Å²) >= 11 is 3.25. The van der Waals surface area contributed by atoms with E-state index < -0.39 is 11.7 Å². The molecule has 0 fully saturated rings. The first-order valence-corrected chi connectivity index (χ1v) is 6.42. The molecule has 102 valence electrons. The summed E-state index contributed by atoms with van der Waals surface area (Å²) in [6.07, 6.45) is -2.88. The molecule has 2 heterocycles. The fourth-order valence-electron chi connectivity index (χ4n) is 1.94. The van der Waals surface area contributed by atoms with Gasteiger partial charge in [0.15, 0.2) is 5.65 Å². The first-order chi connectivity index (χ1) is 9.45. The van der Waals surface area contributed by atoms with Gasteiger partial charge in [-0.15, -0.1) is 0 Å². The summed E-state index contributed by atoms with van der Waals surface area (Å²) in [5.74, 6) is 0.151. The molecule has 3 aromatic rings. The topological polar surface area (TPSA) is 41.6 Å². The number of aromatic nitrogens is 3. The molecular weight excluding hydrogens is 335 g/mol. The highest BCUT2D eigenvalue weighted by molar-refractivity contribution is 9.10. The Labute approximate surface area is 120 Å². The molecular formula is C13H7BrF3N3. The van der Waals surface area contributed by atoms with E-state index in [0.717, 1.165) is 10.5 Å². The van der Waals surface area contributed by atoms with Crippen LogP contribution in [0, 0.1) is 0 Å². The van der Waals surface area contributed by atoms with E-state index in [1.807, 2.05) is 0 Å². The van der Waals surface area contributed by atoms with Crippen LogP contribution in [0.4, 0.5) is 13.2 Å². The van der Waals surface area contributed by atoms with Gasteiger partial charge in [0.05, 0.1) is 11.1 Å². The van der Waals surface area contributed by atoms with Crippen LogP contribution < -0.4 is 0 Å². The van der Waals surface area contributed by atoms with Gasteiger partial charge in [-0.25, -0.2) is 9.97 Å². The SMILES string of the molecule is FC(F)(F)c1ccccc1-c1nc2ncc(Br)cc2[nH]1. The zero-order valence-corrected chi connectivity index (χ0v) is 11.5. The van der Waals surface area contributed by atoms with Crippen LogP contribution in [0.15, 0.2) is 41.0 Å². The second kappa shape index (κ2) is 4.59. The van der Waals surface area contributed by atoms with Crippen LogP contribution in [0.5, 0.6) is 0 Å². The van der Waals surface area contributed by atoms with E-state index in [-0.39, 0.29) is 11.4 Å². The van der Waals surface area contributed by atoms with Gasteiger partial charge >= 0.3 is 6.18 Å². The molecule has 7 heteroatoms. The maximum atomic E-state index is 13.0. The number of fused-ring (bicyclic) bond motifs is 1. The van der Waals surface area contributed by atoms with Gasteiger partial charge in [-0.05, 0) is 28.1 Å². The van der Waals surface area contributed by atoms with E-state index in [1.165, 1.54) is 12.1 Å². The number of pyridine rings is 1. The zero-order chi connectivity index (χ0) is 14.3. The maximum Gasteiger partial charge on any atom is 0.417 e. The summed E-state index contributed by atoms with van der Waals surface area (Å²) in [4.78, 5) is 11.0. The van der Waals surface area contributed by atoms with E-state index in [1.54, 1.807) is 18.3 Å². The molecule has 0 atom stereocenters. The minimum Gasteiger partial charge on any atom is -0.337 e. The molecule has 1 N–H and O–H groups in total. The number of imidazole rings is 1. The summed E-state index contributed by atoms with van der Waals surface area (Å²) in [6.45, 7) is 0.